The summed E-state index contributed by atoms with van der Waals surface area (Å²) in [6.45, 7) is 1.61. The van der Waals surface area contributed by atoms with Crippen molar-refractivity contribution in [3.8, 4) is 0 Å². The molecule has 2 rings (SSSR count). The Morgan fingerprint density at radius 1 is 1.32 bits per heavy atom. The summed E-state index contributed by atoms with van der Waals surface area (Å²) in [5, 5.41) is 14.5. The number of unbranched alkanes of at least 4 members (excludes halogenated alkanes) is 1. The van der Waals surface area contributed by atoms with Gasteiger partial charge >= 0.3 is 0 Å². The highest BCUT2D eigenvalue weighted by molar-refractivity contribution is 14.0. The first-order chi connectivity index (χ1) is 10.3. The Hall–Kier alpha value is -0.860. The molecule has 1 aromatic rings. The zero-order chi connectivity index (χ0) is 14.9. The number of aromatic nitrogens is 3. The number of aliphatic imine (C=N–C) groups is 1. The fourth-order valence-electron chi connectivity index (χ4n) is 2.91. The fourth-order valence-corrected chi connectivity index (χ4v) is 2.91. The molecular formula is C15H29IN6. The number of hydrogen-bond acceptors (Lipinski definition) is 3. The van der Waals surface area contributed by atoms with Crippen LogP contribution in [0.2, 0.25) is 0 Å². The number of rotatable bonds is 7. The Balaban J connectivity index is 0.00000242. The van der Waals surface area contributed by atoms with Gasteiger partial charge in [-0.25, -0.2) is 0 Å². The van der Waals surface area contributed by atoms with Gasteiger partial charge in [0.1, 0.15) is 6.33 Å². The third-order valence-electron chi connectivity index (χ3n) is 4.25. The van der Waals surface area contributed by atoms with Gasteiger partial charge in [0.25, 0.3) is 0 Å². The van der Waals surface area contributed by atoms with Gasteiger partial charge in [-0.3, -0.25) is 4.99 Å². The van der Waals surface area contributed by atoms with E-state index in [4.69, 9.17) is 0 Å². The van der Waals surface area contributed by atoms with Crippen molar-refractivity contribution >= 4 is 29.9 Å². The van der Waals surface area contributed by atoms with Crippen LogP contribution in [-0.4, -0.2) is 34.3 Å². The highest BCUT2D eigenvalue weighted by Crippen LogP contribution is 2.28. The van der Waals surface area contributed by atoms with Crippen LogP contribution in [0.1, 0.15) is 50.8 Å². The number of hydrogen-bond donors (Lipinski definition) is 2. The van der Waals surface area contributed by atoms with E-state index in [-0.39, 0.29) is 24.0 Å². The molecule has 0 saturated heterocycles. The minimum Gasteiger partial charge on any atom is -0.356 e. The SMILES string of the molecule is CN=C(NCCCCC1CCCC1)NCc1nncn1C.I. The topological polar surface area (TPSA) is 67.1 Å². The molecule has 0 amide bonds. The minimum absolute atomic E-state index is 0. The van der Waals surface area contributed by atoms with Crippen LogP contribution in [0, 0.1) is 5.92 Å². The quantitative estimate of drug-likeness (QED) is 0.308. The lowest BCUT2D eigenvalue weighted by atomic mass is 10.0. The standard InChI is InChI=1S/C15H28N6.HI/c1-16-15(18-11-14-20-19-12-21(14)2)17-10-6-5-9-13-7-3-4-8-13;/h12-13H,3-11H2,1-2H3,(H2,16,17,18);1H. The van der Waals surface area contributed by atoms with Gasteiger partial charge in [0.2, 0.25) is 0 Å². The van der Waals surface area contributed by atoms with E-state index in [1.165, 1.54) is 44.9 Å². The second kappa shape index (κ2) is 10.8. The zero-order valence-electron chi connectivity index (χ0n) is 13.7. The van der Waals surface area contributed by atoms with E-state index in [1.54, 1.807) is 13.4 Å². The maximum atomic E-state index is 4.23. The van der Waals surface area contributed by atoms with Gasteiger partial charge in [0.05, 0.1) is 6.54 Å². The van der Waals surface area contributed by atoms with Crippen molar-refractivity contribution in [3.63, 3.8) is 0 Å². The van der Waals surface area contributed by atoms with Crippen LogP contribution in [0.15, 0.2) is 11.3 Å². The van der Waals surface area contributed by atoms with E-state index in [2.05, 4.69) is 25.8 Å². The van der Waals surface area contributed by atoms with Crippen LogP contribution in [0.25, 0.3) is 0 Å². The van der Waals surface area contributed by atoms with E-state index in [0.717, 1.165) is 24.2 Å². The summed E-state index contributed by atoms with van der Waals surface area (Å²) in [7, 11) is 3.74. The summed E-state index contributed by atoms with van der Waals surface area (Å²) < 4.78 is 1.90. The summed E-state index contributed by atoms with van der Waals surface area (Å²) >= 11 is 0. The molecule has 0 bridgehead atoms. The number of nitrogens with zero attached hydrogens (tertiary/aromatic N) is 4. The molecule has 2 N–H and O–H groups in total. The van der Waals surface area contributed by atoms with Crippen molar-refractivity contribution in [2.75, 3.05) is 13.6 Å². The second-order valence-electron chi connectivity index (χ2n) is 5.86. The van der Waals surface area contributed by atoms with Gasteiger partial charge in [-0.1, -0.05) is 38.5 Å². The molecular weight excluding hydrogens is 391 g/mol. The molecule has 1 aliphatic carbocycles. The van der Waals surface area contributed by atoms with E-state index in [1.807, 2.05) is 11.6 Å². The molecule has 0 aliphatic heterocycles. The van der Waals surface area contributed by atoms with E-state index in [0.29, 0.717) is 6.54 Å². The molecule has 0 radical (unpaired) electrons. The third kappa shape index (κ3) is 6.50. The Kier molecular flexibility index (Phi) is 9.42. The number of nitrogens with one attached hydrogen (secondary N) is 2. The van der Waals surface area contributed by atoms with Crippen molar-refractivity contribution in [2.45, 2.75) is 51.5 Å². The lowest BCUT2D eigenvalue weighted by molar-refractivity contribution is 0.472. The Bertz CT molecular complexity index is 439. The molecule has 0 aromatic carbocycles. The molecule has 22 heavy (non-hydrogen) atoms. The Morgan fingerprint density at radius 3 is 2.73 bits per heavy atom. The smallest absolute Gasteiger partial charge is 0.191 e. The summed E-state index contributed by atoms with van der Waals surface area (Å²) in [5.74, 6) is 2.73. The first kappa shape index (κ1) is 19.2. The van der Waals surface area contributed by atoms with Crippen LogP contribution < -0.4 is 10.6 Å². The average molecular weight is 420 g/mol. The minimum atomic E-state index is 0. The third-order valence-corrected chi connectivity index (χ3v) is 4.25. The fraction of sp³-hybridized carbons (Fsp3) is 0.800. The summed E-state index contributed by atoms with van der Waals surface area (Å²) in [6.07, 6.45) is 11.4. The van der Waals surface area contributed by atoms with Crippen LogP contribution in [0.3, 0.4) is 0 Å². The van der Waals surface area contributed by atoms with Crippen molar-refractivity contribution in [2.24, 2.45) is 18.0 Å². The lowest BCUT2D eigenvalue weighted by Gasteiger charge is -2.12. The molecule has 1 aliphatic rings. The molecule has 1 aromatic heterocycles. The molecule has 1 saturated carbocycles. The number of guanidine groups is 1. The summed E-state index contributed by atoms with van der Waals surface area (Å²) in [5.41, 5.74) is 0. The van der Waals surface area contributed by atoms with E-state index in [9.17, 15) is 0 Å². The molecule has 0 unspecified atom stereocenters. The van der Waals surface area contributed by atoms with Crippen molar-refractivity contribution in [1.82, 2.24) is 25.4 Å². The van der Waals surface area contributed by atoms with Crippen LogP contribution in [0.4, 0.5) is 0 Å². The highest BCUT2D eigenvalue weighted by Gasteiger charge is 2.13. The van der Waals surface area contributed by atoms with Crippen molar-refractivity contribution in [1.29, 1.82) is 0 Å². The van der Waals surface area contributed by atoms with Crippen LogP contribution >= 0.6 is 24.0 Å². The second-order valence-corrected chi connectivity index (χ2v) is 5.86. The monoisotopic (exact) mass is 420 g/mol. The van der Waals surface area contributed by atoms with Crippen LogP contribution in [0.5, 0.6) is 0 Å². The normalized spacial score (nSPS) is 15.6. The largest absolute Gasteiger partial charge is 0.356 e. The molecule has 1 heterocycles. The maximum Gasteiger partial charge on any atom is 0.191 e. The number of aryl methyl sites for hydroxylation is 1. The zero-order valence-corrected chi connectivity index (χ0v) is 16.0. The first-order valence-corrected chi connectivity index (χ1v) is 8.07. The molecule has 1 fully saturated rings. The van der Waals surface area contributed by atoms with Crippen molar-refractivity contribution in [3.05, 3.63) is 12.2 Å². The Labute approximate surface area is 150 Å². The van der Waals surface area contributed by atoms with Gasteiger partial charge in [-0.2, -0.15) is 0 Å². The van der Waals surface area contributed by atoms with Crippen LogP contribution in [-0.2, 0) is 13.6 Å². The van der Waals surface area contributed by atoms with Gasteiger partial charge in [0.15, 0.2) is 11.8 Å². The van der Waals surface area contributed by atoms with Gasteiger partial charge in [0, 0.05) is 20.6 Å². The molecule has 0 atom stereocenters. The molecule has 0 spiro atoms. The molecule has 7 heteroatoms. The predicted molar refractivity (Wildman–Crippen MR) is 100 cm³/mol. The number of halogens is 1. The molecule has 6 nitrogen and oxygen atoms in total. The summed E-state index contributed by atoms with van der Waals surface area (Å²) in [4.78, 5) is 4.23. The van der Waals surface area contributed by atoms with E-state index >= 15 is 0 Å². The first-order valence-electron chi connectivity index (χ1n) is 8.07. The van der Waals surface area contributed by atoms with Gasteiger partial charge < -0.3 is 15.2 Å². The van der Waals surface area contributed by atoms with Gasteiger partial charge in [-0.05, 0) is 12.3 Å². The van der Waals surface area contributed by atoms with E-state index < -0.39 is 0 Å². The van der Waals surface area contributed by atoms with Gasteiger partial charge in [-0.15, -0.1) is 34.2 Å². The lowest BCUT2D eigenvalue weighted by Crippen LogP contribution is -2.37. The predicted octanol–water partition coefficient (Wildman–Crippen LogP) is 2.46. The average Bonchev–Trinajstić information content (AvgIpc) is 3.14. The highest BCUT2D eigenvalue weighted by atomic mass is 127. The van der Waals surface area contributed by atoms with Crippen molar-refractivity contribution < 1.29 is 0 Å². The Morgan fingerprint density at radius 2 is 2.09 bits per heavy atom. The maximum absolute atomic E-state index is 4.23. The summed E-state index contributed by atoms with van der Waals surface area (Å²) in [6, 6.07) is 0. The molecule has 126 valence electrons.